The lowest BCUT2D eigenvalue weighted by molar-refractivity contribution is -0.137. The zero-order chi connectivity index (χ0) is 20.5. The van der Waals surface area contributed by atoms with Gasteiger partial charge in [-0.25, -0.2) is 4.79 Å². The number of carboxylic acid groups (broad SMARTS) is 1. The second-order valence-electron chi connectivity index (χ2n) is 6.70. The topological polar surface area (TPSA) is 108 Å². The molecule has 1 atom stereocenters. The van der Waals surface area contributed by atoms with Crippen molar-refractivity contribution in [3.8, 4) is 0 Å². The van der Waals surface area contributed by atoms with Crippen LogP contribution in [0.4, 0.5) is 10.5 Å². The molecule has 0 saturated heterocycles. The predicted octanol–water partition coefficient (Wildman–Crippen LogP) is 3.55. The summed E-state index contributed by atoms with van der Waals surface area (Å²) in [7, 11) is 0. The van der Waals surface area contributed by atoms with Crippen molar-refractivity contribution in [1.82, 2.24) is 10.6 Å². The van der Waals surface area contributed by atoms with Gasteiger partial charge in [-0.05, 0) is 44.0 Å². The molecular weight excluding hydrogens is 358 g/mol. The SMILES string of the molecule is CC(C)NC(=O)Nc1cccc(C(=O)NC(CCC(=O)O)c2ccccc2)c1. The van der Waals surface area contributed by atoms with E-state index in [0.29, 0.717) is 11.3 Å². The first-order valence-electron chi connectivity index (χ1n) is 9.10. The Hall–Kier alpha value is -3.35. The highest BCUT2D eigenvalue weighted by Crippen LogP contribution is 2.20. The van der Waals surface area contributed by atoms with Gasteiger partial charge in [-0.15, -0.1) is 0 Å². The van der Waals surface area contributed by atoms with E-state index in [-0.39, 0.29) is 30.8 Å². The van der Waals surface area contributed by atoms with Crippen molar-refractivity contribution in [2.24, 2.45) is 0 Å². The number of carboxylic acids is 1. The highest BCUT2D eigenvalue weighted by atomic mass is 16.4. The molecule has 148 valence electrons. The second-order valence-corrected chi connectivity index (χ2v) is 6.70. The highest BCUT2D eigenvalue weighted by Gasteiger charge is 2.17. The monoisotopic (exact) mass is 383 g/mol. The molecule has 0 fully saturated rings. The molecule has 2 aromatic rings. The molecule has 0 aromatic heterocycles. The molecule has 0 aliphatic heterocycles. The molecule has 3 amide bonds. The Morgan fingerprint density at radius 1 is 0.964 bits per heavy atom. The van der Waals surface area contributed by atoms with Crippen LogP contribution in [0.3, 0.4) is 0 Å². The highest BCUT2D eigenvalue weighted by molar-refractivity contribution is 5.97. The van der Waals surface area contributed by atoms with Gasteiger partial charge in [0.1, 0.15) is 0 Å². The van der Waals surface area contributed by atoms with Gasteiger partial charge >= 0.3 is 12.0 Å². The molecule has 7 nitrogen and oxygen atoms in total. The molecule has 1 unspecified atom stereocenters. The second kappa shape index (κ2) is 10.1. The van der Waals surface area contributed by atoms with Crippen molar-refractivity contribution >= 4 is 23.6 Å². The summed E-state index contributed by atoms with van der Waals surface area (Å²) in [5.41, 5.74) is 1.70. The fourth-order valence-electron chi connectivity index (χ4n) is 2.68. The van der Waals surface area contributed by atoms with Crippen LogP contribution in [0.5, 0.6) is 0 Å². The Balaban J connectivity index is 2.11. The summed E-state index contributed by atoms with van der Waals surface area (Å²) in [5, 5.41) is 17.3. The quantitative estimate of drug-likeness (QED) is 0.559. The molecule has 0 aliphatic rings. The summed E-state index contributed by atoms with van der Waals surface area (Å²) in [5.74, 6) is -1.26. The first kappa shape index (κ1) is 21.0. The summed E-state index contributed by atoms with van der Waals surface area (Å²) in [6.45, 7) is 3.70. The Morgan fingerprint density at radius 3 is 2.32 bits per heavy atom. The molecule has 2 rings (SSSR count). The summed E-state index contributed by atoms with van der Waals surface area (Å²) in [6, 6.07) is 15.0. The first-order chi connectivity index (χ1) is 13.3. The van der Waals surface area contributed by atoms with E-state index in [1.165, 1.54) is 0 Å². The van der Waals surface area contributed by atoms with Gasteiger partial charge in [0.2, 0.25) is 0 Å². The molecule has 0 heterocycles. The van der Waals surface area contributed by atoms with Crippen molar-refractivity contribution in [2.75, 3.05) is 5.32 Å². The number of rotatable bonds is 8. The average Bonchev–Trinajstić information content (AvgIpc) is 2.65. The van der Waals surface area contributed by atoms with E-state index >= 15 is 0 Å². The Kier molecular flexibility index (Phi) is 7.56. The molecule has 2 aromatic carbocycles. The van der Waals surface area contributed by atoms with Gasteiger partial charge in [0.15, 0.2) is 0 Å². The lowest BCUT2D eigenvalue weighted by Crippen LogP contribution is -2.34. The number of hydrogen-bond acceptors (Lipinski definition) is 3. The number of carbonyl (C=O) groups excluding carboxylic acids is 2. The maximum Gasteiger partial charge on any atom is 0.319 e. The number of carbonyl (C=O) groups is 3. The standard InChI is InChI=1S/C21H25N3O4/c1-14(2)22-21(28)23-17-10-6-9-16(13-17)20(27)24-18(11-12-19(25)26)15-7-4-3-5-8-15/h3-10,13-14,18H,11-12H2,1-2H3,(H,24,27)(H,25,26)(H2,22,23,28). The van der Waals surface area contributed by atoms with Gasteiger partial charge in [0.05, 0.1) is 6.04 Å². The predicted molar refractivity (Wildman–Crippen MR) is 107 cm³/mol. The van der Waals surface area contributed by atoms with E-state index in [1.54, 1.807) is 24.3 Å². The molecule has 0 saturated carbocycles. The van der Waals surface area contributed by atoms with E-state index in [0.717, 1.165) is 5.56 Å². The van der Waals surface area contributed by atoms with Gasteiger partial charge in [0, 0.05) is 23.7 Å². The van der Waals surface area contributed by atoms with Gasteiger partial charge in [-0.1, -0.05) is 36.4 Å². The summed E-state index contributed by atoms with van der Waals surface area (Å²) in [4.78, 5) is 35.5. The number of amides is 3. The van der Waals surface area contributed by atoms with E-state index in [9.17, 15) is 14.4 Å². The lowest BCUT2D eigenvalue weighted by atomic mass is 10.0. The van der Waals surface area contributed by atoms with E-state index < -0.39 is 12.0 Å². The molecule has 4 N–H and O–H groups in total. The number of benzene rings is 2. The van der Waals surface area contributed by atoms with Crippen molar-refractivity contribution in [3.05, 3.63) is 65.7 Å². The number of urea groups is 1. The largest absolute Gasteiger partial charge is 0.481 e. The fraction of sp³-hybridized carbons (Fsp3) is 0.286. The Bertz CT molecular complexity index is 821. The number of nitrogens with one attached hydrogen (secondary N) is 3. The third kappa shape index (κ3) is 6.75. The zero-order valence-electron chi connectivity index (χ0n) is 15.9. The minimum Gasteiger partial charge on any atom is -0.481 e. The van der Waals surface area contributed by atoms with Crippen LogP contribution in [0.2, 0.25) is 0 Å². The van der Waals surface area contributed by atoms with Gasteiger partial charge in [-0.3, -0.25) is 9.59 Å². The van der Waals surface area contributed by atoms with Gasteiger partial charge in [-0.2, -0.15) is 0 Å². The third-order valence-corrected chi connectivity index (χ3v) is 3.96. The minimum absolute atomic E-state index is 0.00709. The Labute approximate surface area is 164 Å². The molecule has 0 aliphatic carbocycles. The molecular formula is C21H25N3O4. The number of aliphatic carboxylic acids is 1. The van der Waals surface area contributed by atoms with E-state index in [4.69, 9.17) is 5.11 Å². The van der Waals surface area contributed by atoms with Crippen molar-refractivity contribution in [1.29, 1.82) is 0 Å². The Morgan fingerprint density at radius 2 is 1.68 bits per heavy atom. The first-order valence-corrected chi connectivity index (χ1v) is 9.10. The third-order valence-electron chi connectivity index (χ3n) is 3.96. The maximum absolute atomic E-state index is 12.7. The zero-order valence-corrected chi connectivity index (χ0v) is 15.9. The molecule has 0 bridgehead atoms. The number of hydrogen-bond donors (Lipinski definition) is 4. The minimum atomic E-state index is -0.919. The molecule has 28 heavy (non-hydrogen) atoms. The fourth-order valence-corrected chi connectivity index (χ4v) is 2.68. The summed E-state index contributed by atoms with van der Waals surface area (Å²) in [6.07, 6.45) is 0.219. The molecule has 0 spiro atoms. The van der Waals surface area contributed by atoms with Gasteiger partial charge < -0.3 is 21.1 Å². The van der Waals surface area contributed by atoms with Crippen LogP contribution in [0.15, 0.2) is 54.6 Å². The van der Waals surface area contributed by atoms with Crippen LogP contribution in [0, 0.1) is 0 Å². The summed E-state index contributed by atoms with van der Waals surface area (Å²) < 4.78 is 0. The normalized spacial score (nSPS) is 11.5. The van der Waals surface area contributed by atoms with Gasteiger partial charge in [0.25, 0.3) is 5.91 Å². The lowest BCUT2D eigenvalue weighted by Gasteiger charge is -2.19. The van der Waals surface area contributed by atoms with E-state index in [2.05, 4.69) is 16.0 Å². The van der Waals surface area contributed by atoms with Crippen LogP contribution in [-0.2, 0) is 4.79 Å². The molecule has 0 radical (unpaired) electrons. The van der Waals surface area contributed by atoms with E-state index in [1.807, 2.05) is 44.2 Å². The molecule has 7 heteroatoms. The van der Waals surface area contributed by atoms with Crippen molar-refractivity contribution in [2.45, 2.75) is 38.8 Å². The maximum atomic E-state index is 12.7. The van der Waals surface area contributed by atoms with Crippen molar-refractivity contribution < 1.29 is 19.5 Å². The smallest absolute Gasteiger partial charge is 0.319 e. The summed E-state index contributed by atoms with van der Waals surface area (Å²) >= 11 is 0. The van der Waals surface area contributed by atoms with Crippen LogP contribution in [0.1, 0.15) is 48.7 Å². The van der Waals surface area contributed by atoms with Crippen LogP contribution in [0.25, 0.3) is 0 Å². The van der Waals surface area contributed by atoms with Crippen LogP contribution >= 0.6 is 0 Å². The average molecular weight is 383 g/mol. The number of anilines is 1. The van der Waals surface area contributed by atoms with Crippen LogP contribution < -0.4 is 16.0 Å². The van der Waals surface area contributed by atoms with Crippen molar-refractivity contribution in [3.63, 3.8) is 0 Å². The van der Waals surface area contributed by atoms with Crippen LogP contribution in [-0.4, -0.2) is 29.1 Å².